The molecule has 2 atom stereocenters. The van der Waals surface area contributed by atoms with Crippen molar-refractivity contribution in [2.24, 2.45) is 5.92 Å². The van der Waals surface area contributed by atoms with Gasteiger partial charge in [-0.2, -0.15) is 11.3 Å². The number of thiophene rings is 1. The average Bonchev–Trinajstić information content (AvgIpc) is 3.59. The third-order valence-corrected chi connectivity index (χ3v) is 7.74. The second-order valence-electron chi connectivity index (χ2n) is 8.97. The number of nitrogens with one attached hydrogen (secondary N) is 1. The zero-order chi connectivity index (χ0) is 22.8. The van der Waals surface area contributed by atoms with Crippen molar-refractivity contribution in [2.45, 2.75) is 43.7 Å². The fraction of sp³-hybridized carbons (Fsp3) is 0.500. The van der Waals surface area contributed by atoms with Crippen molar-refractivity contribution < 1.29 is 19.1 Å². The number of amides is 4. The number of rotatable bonds is 6. The van der Waals surface area contributed by atoms with E-state index in [0.717, 1.165) is 18.4 Å². The average molecular weight is 469 g/mol. The van der Waals surface area contributed by atoms with Crippen LogP contribution < -0.4 is 5.32 Å². The molecule has 3 aliphatic heterocycles. The van der Waals surface area contributed by atoms with Gasteiger partial charge in [0.2, 0.25) is 5.91 Å². The maximum Gasteiger partial charge on any atom is 0.325 e. The molecule has 0 spiro atoms. The SMILES string of the molecule is O=C(Cc1ccsc1)N1CCC([C@]2(c3ccccn3)NC(=O)N(C[C@H]3CCCO3)C2=O)CC1. The quantitative estimate of drug-likeness (QED) is 0.658. The lowest BCUT2D eigenvalue weighted by molar-refractivity contribution is -0.137. The first-order valence-electron chi connectivity index (χ1n) is 11.5. The summed E-state index contributed by atoms with van der Waals surface area (Å²) in [6, 6.07) is 7.03. The van der Waals surface area contributed by atoms with E-state index in [4.69, 9.17) is 4.74 Å². The van der Waals surface area contributed by atoms with E-state index in [0.29, 0.717) is 44.7 Å². The van der Waals surface area contributed by atoms with Gasteiger partial charge in [0.1, 0.15) is 0 Å². The van der Waals surface area contributed by atoms with Gasteiger partial charge in [-0.1, -0.05) is 6.07 Å². The molecule has 3 fully saturated rings. The van der Waals surface area contributed by atoms with Crippen molar-refractivity contribution >= 4 is 29.2 Å². The number of hydrogen-bond donors (Lipinski definition) is 1. The number of aromatic nitrogens is 1. The van der Waals surface area contributed by atoms with Gasteiger partial charge in [0.05, 0.1) is 24.8 Å². The Bertz CT molecular complexity index is 1000. The molecular formula is C24H28N4O4S. The van der Waals surface area contributed by atoms with Crippen molar-refractivity contribution in [2.75, 3.05) is 26.2 Å². The van der Waals surface area contributed by atoms with E-state index >= 15 is 0 Å². The molecule has 5 heterocycles. The lowest BCUT2D eigenvalue weighted by Gasteiger charge is -2.40. The van der Waals surface area contributed by atoms with Crippen molar-refractivity contribution in [3.63, 3.8) is 0 Å². The standard InChI is InChI=1S/C24H28N4O4S/c29-21(14-17-8-13-33-16-17)27-10-6-18(7-11-27)24(20-5-1-2-9-25-20)22(30)28(23(31)26-24)15-19-4-3-12-32-19/h1-2,5,8-9,13,16,18-19H,3-4,6-7,10-12,14-15H2,(H,26,31)/t19-,24-/m1/s1. The van der Waals surface area contributed by atoms with E-state index in [9.17, 15) is 14.4 Å². The summed E-state index contributed by atoms with van der Waals surface area (Å²) in [5.41, 5.74) is 0.376. The summed E-state index contributed by atoms with van der Waals surface area (Å²) < 4.78 is 5.68. The van der Waals surface area contributed by atoms with Crippen LogP contribution in [-0.4, -0.2) is 65.0 Å². The zero-order valence-electron chi connectivity index (χ0n) is 18.4. The highest BCUT2D eigenvalue weighted by Crippen LogP contribution is 2.41. The number of ether oxygens (including phenoxy) is 1. The van der Waals surface area contributed by atoms with Gasteiger partial charge in [-0.25, -0.2) is 4.79 Å². The lowest BCUT2D eigenvalue weighted by atomic mass is 9.75. The number of hydrogen-bond acceptors (Lipinski definition) is 6. The molecule has 4 amide bonds. The number of nitrogens with zero attached hydrogens (tertiary/aromatic N) is 3. The molecule has 3 aliphatic rings. The Morgan fingerprint density at radius 1 is 1.21 bits per heavy atom. The van der Waals surface area contributed by atoms with E-state index < -0.39 is 11.6 Å². The van der Waals surface area contributed by atoms with Crippen LogP contribution in [0.3, 0.4) is 0 Å². The first-order chi connectivity index (χ1) is 16.1. The van der Waals surface area contributed by atoms with Crippen molar-refractivity contribution in [1.29, 1.82) is 0 Å². The molecule has 0 saturated carbocycles. The fourth-order valence-corrected chi connectivity index (χ4v) is 5.92. The van der Waals surface area contributed by atoms with Crippen LogP contribution in [0, 0.1) is 5.92 Å². The molecule has 3 saturated heterocycles. The second kappa shape index (κ2) is 9.23. The topological polar surface area (TPSA) is 91.8 Å². The van der Waals surface area contributed by atoms with E-state index in [1.165, 1.54) is 4.90 Å². The van der Waals surface area contributed by atoms with Crippen molar-refractivity contribution in [3.05, 3.63) is 52.5 Å². The Morgan fingerprint density at radius 3 is 2.73 bits per heavy atom. The van der Waals surface area contributed by atoms with Gasteiger partial charge in [-0.3, -0.25) is 19.5 Å². The molecule has 33 heavy (non-hydrogen) atoms. The number of urea groups is 1. The highest BCUT2D eigenvalue weighted by Gasteiger charge is 2.58. The van der Waals surface area contributed by atoms with Crippen LogP contribution in [0.2, 0.25) is 0 Å². The Morgan fingerprint density at radius 2 is 2.06 bits per heavy atom. The summed E-state index contributed by atoms with van der Waals surface area (Å²) in [4.78, 5) is 47.2. The Labute approximate surface area is 196 Å². The van der Waals surface area contributed by atoms with Gasteiger partial charge in [-0.05, 0) is 60.2 Å². The maximum atomic E-state index is 13.8. The smallest absolute Gasteiger partial charge is 0.325 e. The van der Waals surface area contributed by atoms with E-state index in [1.807, 2.05) is 33.9 Å². The van der Waals surface area contributed by atoms with Crippen LogP contribution in [0.4, 0.5) is 4.79 Å². The fourth-order valence-electron chi connectivity index (χ4n) is 5.25. The molecular weight excluding hydrogens is 440 g/mol. The molecule has 5 rings (SSSR count). The monoisotopic (exact) mass is 468 g/mol. The van der Waals surface area contributed by atoms with Crippen LogP contribution in [0.5, 0.6) is 0 Å². The number of imide groups is 1. The number of likely N-dealkylation sites (tertiary alicyclic amines) is 1. The minimum absolute atomic E-state index is 0.0977. The number of pyridine rings is 1. The minimum atomic E-state index is -1.21. The van der Waals surface area contributed by atoms with E-state index in [2.05, 4.69) is 10.3 Å². The van der Waals surface area contributed by atoms with Crippen LogP contribution in [0.25, 0.3) is 0 Å². The molecule has 9 heteroatoms. The van der Waals surface area contributed by atoms with E-state index in [-0.39, 0.29) is 30.4 Å². The molecule has 174 valence electrons. The normalized spacial score (nSPS) is 26.1. The van der Waals surface area contributed by atoms with Gasteiger partial charge in [0.25, 0.3) is 5.91 Å². The van der Waals surface area contributed by atoms with Gasteiger partial charge in [0.15, 0.2) is 5.54 Å². The molecule has 8 nitrogen and oxygen atoms in total. The third-order valence-electron chi connectivity index (χ3n) is 7.01. The van der Waals surface area contributed by atoms with Crippen molar-refractivity contribution in [3.8, 4) is 0 Å². The first-order valence-corrected chi connectivity index (χ1v) is 12.5. The van der Waals surface area contributed by atoms with Crippen LogP contribution >= 0.6 is 11.3 Å². The molecule has 0 bridgehead atoms. The van der Waals surface area contributed by atoms with Crippen LogP contribution in [0.15, 0.2) is 41.2 Å². The van der Waals surface area contributed by atoms with E-state index in [1.54, 1.807) is 23.6 Å². The van der Waals surface area contributed by atoms with Gasteiger partial charge >= 0.3 is 6.03 Å². The van der Waals surface area contributed by atoms with Crippen LogP contribution in [-0.2, 0) is 26.3 Å². The lowest BCUT2D eigenvalue weighted by Crippen LogP contribution is -2.54. The third kappa shape index (κ3) is 4.15. The first kappa shape index (κ1) is 22.0. The molecule has 0 unspecified atom stereocenters. The summed E-state index contributed by atoms with van der Waals surface area (Å²) in [7, 11) is 0. The highest BCUT2D eigenvalue weighted by atomic mass is 32.1. The minimum Gasteiger partial charge on any atom is -0.376 e. The van der Waals surface area contributed by atoms with Crippen molar-refractivity contribution in [1.82, 2.24) is 20.1 Å². The maximum absolute atomic E-state index is 13.8. The number of carbonyl (C=O) groups excluding carboxylic acids is 3. The van der Waals surface area contributed by atoms with Crippen LogP contribution in [0.1, 0.15) is 36.9 Å². The predicted octanol–water partition coefficient (Wildman–Crippen LogP) is 2.55. The Kier molecular flexibility index (Phi) is 6.16. The number of piperidine rings is 1. The summed E-state index contributed by atoms with van der Waals surface area (Å²) in [5, 5.41) is 7.00. The van der Waals surface area contributed by atoms with Gasteiger partial charge < -0.3 is 15.0 Å². The highest BCUT2D eigenvalue weighted by molar-refractivity contribution is 7.08. The predicted molar refractivity (Wildman–Crippen MR) is 122 cm³/mol. The molecule has 1 N–H and O–H groups in total. The zero-order valence-corrected chi connectivity index (χ0v) is 19.3. The molecule has 0 aliphatic carbocycles. The Balaban J connectivity index is 1.35. The Hall–Kier alpha value is -2.78. The molecule has 2 aromatic heterocycles. The summed E-state index contributed by atoms with van der Waals surface area (Å²) in [5.74, 6) is -0.311. The summed E-state index contributed by atoms with van der Waals surface area (Å²) >= 11 is 1.59. The molecule has 0 aromatic carbocycles. The summed E-state index contributed by atoms with van der Waals surface area (Å²) in [6.07, 6.45) is 4.95. The molecule has 0 radical (unpaired) electrons. The second-order valence-corrected chi connectivity index (χ2v) is 9.75. The molecule has 2 aromatic rings. The largest absolute Gasteiger partial charge is 0.376 e. The summed E-state index contributed by atoms with van der Waals surface area (Å²) in [6.45, 7) is 2.03. The van der Waals surface area contributed by atoms with Gasteiger partial charge in [-0.15, -0.1) is 0 Å². The number of carbonyl (C=O) groups is 3. The van der Waals surface area contributed by atoms with Gasteiger partial charge in [0, 0.05) is 31.8 Å².